The summed E-state index contributed by atoms with van der Waals surface area (Å²) in [5.41, 5.74) is 1.02. The molecule has 0 fully saturated rings. The zero-order valence-electron chi connectivity index (χ0n) is 16.7. The fraction of sp³-hybridized carbons (Fsp3) is 0.632. The number of anilines is 1. The molecule has 0 saturated carbocycles. The number of carbonyl (C=O) groups excluding carboxylic acids is 1. The first-order valence-electron chi connectivity index (χ1n) is 8.75. The van der Waals surface area contributed by atoms with Gasteiger partial charge in [-0.25, -0.2) is 8.42 Å². The van der Waals surface area contributed by atoms with Crippen LogP contribution in [0.2, 0.25) is 0 Å². The molecule has 0 radical (unpaired) electrons. The van der Waals surface area contributed by atoms with Gasteiger partial charge >= 0.3 is 0 Å². The van der Waals surface area contributed by atoms with E-state index in [0.29, 0.717) is 11.4 Å². The molecular formula is C19H30N2O4S. The fourth-order valence-corrected chi connectivity index (χ4v) is 4.51. The highest BCUT2D eigenvalue weighted by Crippen LogP contribution is 2.36. The van der Waals surface area contributed by atoms with Crippen molar-refractivity contribution in [1.82, 2.24) is 5.32 Å². The summed E-state index contributed by atoms with van der Waals surface area (Å²) in [7, 11) is -3.52. The van der Waals surface area contributed by atoms with Crippen LogP contribution in [-0.4, -0.2) is 38.8 Å². The Morgan fingerprint density at radius 1 is 1.27 bits per heavy atom. The third-order valence-corrected chi connectivity index (χ3v) is 5.26. The largest absolute Gasteiger partial charge is 0.476 e. The molecule has 0 aromatic heterocycles. The molecule has 2 rings (SSSR count). The third-order valence-electron chi connectivity index (χ3n) is 4.11. The van der Waals surface area contributed by atoms with E-state index in [1.54, 1.807) is 12.1 Å². The van der Waals surface area contributed by atoms with Gasteiger partial charge in [0.15, 0.2) is 6.10 Å². The van der Waals surface area contributed by atoms with Gasteiger partial charge in [0.1, 0.15) is 5.75 Å². The van der Waals surface area contributed by atoms with E-state index in [1.807, 2.05) is 26.8 Å². The highest BCUT2D eigenvalue weighted by atomic mass is 32.2. The number of aryl methyl sites for hydroxylation is 1. The van der Waals surface area contributed by atoms with Crippen molar-refractivity contribution in [1.29, 1.82) is 0 Å². The molecule has 1 amide bonds. The minimum Gasteiger partial charge on any atom is -0.476 e. The summed E-state index contributed by atoms with van der Waals surface area (Å²) in [4.78, 5) is 12.8. The molecule has 0 bridgehead atoms. The third kappa shape index (κ3) is 5.13. The molecule has 26 heavy (non-hydrogen) atoms. The second kappa shape index (κ2) is 6.76. The number of nitrogens with one attached hydrogen (secondary N) is 1. The molecule has 1 aromatic rings. The number of ether oxygens (including phenoxy) is 1. The van der Waals surface area contributed by atoms with Crippen LogP contribution in [0.4, 0.5) is 5.69 Å². The van der Waals surface area contributed by atoms with Crippen LogP contribution in [-0.2, 0) is 14.8 Å². The van der Waals surface area contributed by atoms with Crippen molar-refractivity contribution in [3.05, 3.63) is 23.8 Å². The summed E-state index contributed by atoms with van der Waals surface area (Å²) in [5.74, 6) is 0.107. The predicted octanol–water partition coefficient (Wildman–Crippen LogP) is 2.85. The average Bonchev–Trinajstić information content (AvgIpc) is 2.41. The van der Waals surface area contributed by atoms with Crippen molar-refractivity contribution in [3.63, 3.8) is 0 Å². The molecule has 1 heterocycles. The average molecular weight is 383 g/mol. The Morgan fingerprint density at radius 2 is 1.88 bits per heavy atom. The molecule has 1 aliphatic rings. The van der Waals surface area contributed by atoms with Crippen molar-refractivity contribution >= 4 is 21.6 Å². The van der Waals surface area contributed by atoms with Crippen LogP contribution in [0.25, 0.3) is 0 Å². The number of fused-ring (bicyclic) bond motifs is 1. The lowest BCUT2D eigenvalue weighted by molar-refractivity contribution is -0.129. The van der Waals surface area contributed by atoms with E-state index in [1.165, 1.54) is 4.31 Å². The second-order valence-corrected chi connectivity index (χ2v) is 10.9. The number of hydrogen-bond donors (Lipinski definition) is 1. The Balaban J connectivity index is 2.27. The van der Waals surface area contributed by atoms with E-state index in [-0.39, 0.29) is 17.9 Å². The zero-order chi connectivity index (χ0) is 19.9. The van der Waals surface area contributed by atoms with Gasteiger partial charge in [-0.3, -0.25) is 9.10 Å². The summed E-state index contributed by atoms with van der Waals surface area (Å²) in [5, 5.41) is 3.01. The van der Waals surface area contributed by atoms with Crippen LogP contribution < -0.4 is 14.4 Å². The van der Waals surface area contributed by atoms with Gasteiger partial charge in [-0.1, -0.05) is 26.8 Å². The first-order chi connectivity index (χ1) is 11.7. The standard InChI is InChI=1S/C19H30N2O4S/c1-13-8-9-14-15(10-13)25-16(11-21(14)26(7,23)24)17(22)20-19(5,6)12-18(2,3)4/h8-10,16H,11-12H2,1-7H3,(H,20,22)/t16-/m0/s1. The predicted molar refractivity (Wildman–Crippen MR) is 104 cm³/mol. The Morgan fingerprint density at radius 3 is 2.42 bits per heavy atom. The SMILES string of the molecule is Cc1ccc2c(c1)O[C@H](C(=O)NC(C)(C)CC(C)(C)C)CN2S(C)(=O)=O. The van der Waals surface area contributed by atoms with Gasteiger partial charge in [0.25, 0.3) is 5.91 Å². The van der Waals surface area contributed by atoms with Crippen LogP contribution in [0, 0.1) is 12.3 Å². The molecule has 146 valence electrons. The summed E-state index contributed by atoms with van der Waals surface area (Å²) in [6.45, 7) is 12.1. The van der Waals surface area contributed by atoms with Gasteiger partial charge < -0.3 is 10.1 Å². The Bertz CT molecular complexity index is 794. The van der Waals surface area contributed by atoms with Crippen LogP contribution in [0.15, 0.2) is 18.2 Å². The van der Waals surface area contributed by atoms with Crippen molar-refractivity contribution in [2.75, 3.05) is 17.1 Å². The molecule has 0 spiro atoms. The number of nitrogens with zero attached hydrogens (tertiary/aromatic N) is 1. The van der Waals surface area contributed by atoms with E-state index >= 15 is 0 Å². The lowest BCUT2D eigenvalue weighted by atomic mass is 9.81. The molecule has 0 unspecified atom stereocenters. The van der Waals surface area contributed by atoms with Crippen LogP contribution in [0.5, 0.6) is 5.75 Å². The lowest BCUT2D eigenvalue weighted by Gasteiger charge is -2.37. The van der Waals surface area contributed by atoms with Crippen LogP contribution >= 0.6 is 0 Å². The van der Waals surface area contributed by atoms with Crippen molar-refractivity contribution < 1.29 is 17.9 Å². The van der Waals surface area contributed by atoms with E-state index in [0.717, 1.165) is 18.2 Å². The monoisotopic (exact) mass is 382 g/mol. The normalized spacial score (nSPS) is 18.1. The van der Waals surface area contributed by atoms with Crippen molar-refractivity contribution in [3.8, 4) is 5.75 Å². The molecule has 1 aliphatic heterocycles. The van der Waals surface area contributed by atoms with E-state index in [2.05, 4.69) is 26.1 Å². The maximum Gasteiger partial charge on any atom is 0.263 e. The van der Waals surface area contributed by atoms with Crippen molar-refractivity contribution in [2.45, 2.75) is 59.6 Å². The zero-order valence-corrected chi connectivity index (χ0v) is 17.5. The fourth-order valence-electron chi connectivity index (χ4n) is 3.60. The number of rotatable bonds is 4. The summed E-state index contributed by atoms with van der Waals surface area (Å²) in [6, 6.07) is 5.30. The molecule has 1 N–H and O–H groups in total. The number of carbonyl (C=O) groups is 1. The van der Waals surface area contributed by atoms with Gasteiger partial charge in [-0.2, -0.15) is 0 Å². The maximum absolute atomic E-state index is 12.8. The molecule has 6 nitrogen and oxygen atoms in total. The molecule has 1 atom stereocenters. The Labute approximate surface area is 157 Å². The first kappa shape index (κ1) is 20.6. The van der Waals surface area contributed by atoms with Gasteiger partial charge in [0.05, 0.1) is 18.5 Å². The maximum atomic E-state index is 12.8. The minimum absolute atomic E-state index is 0.0354. The number of hydrogen-bond acceptors (Lipinski definition) is 4. The smallest absolute Gasteiger partial charge is 0.263 e. The van der Waals surface area contributed by atoms with Crippen LogP contribution in [0.1, 0.15) is 46.6 Å². The van der Waals surface area contributed by atoms with Gasteiger partial charge in [0, 0.05) is 5.54 Å². The van der Waals surface area contributed by atoms with Crippen LogP contribution in [0.3, 0.4) is 0 Å². The van der Waals surface area contributed by atoms with Gasteiger partial charge in [0.2, 0.25) is 10.0 Å². The molecule has 0 saturated heterocycles. The van der Waals surface area contributed by atoms with Gasteiger partial charge in [-0.05, 0) is 50.3 Å². The lowest BCUT2D eigenvalue weighted by Crippen LogP contribution is -2.55. The van der Waals surface area contributed by atoms with Gasteiger partial charge in [-0.15, -0.1) is 0 Å². The number of amides is 1. The molecule has 0 aliphatic carbocycles. The number of benzene rings is 1. The Hall–Kier alpha value is -1.76. The molecule has 1 aromatic carbocycles. The topological polar surface area (TPSA) is 75.7 Å². The highest BCUT2D eigenvalue weighted by Gasteiger charge is 2.37. The Kier molecular flexibility index (Phi) is 5.34. The second-order valence-electron chi connectivity index (χ2n) is 8.98. The molecular weight excluding hydrogens is 352 g/mol. The quantitative estimate of drug-likeness (QED) is 0.869. The van der Waals surface area contributed by atoms with E-state index in [9.17, 15) is 13.2 Å². The summed E-state index contributed by atoms with van der Waals surface area (Å²) in [6.07, 6.45) is 1.03. The van der Waals surface area contributed by atoms with Crippen molar-refractivity contribution in [2.24, 2.45) is 5.41 Å². The highest BCUT2D eigenvalue weighted by molar-refractivity contribution is 7.92. The minimum atomic E-state index is -3.52. The van der Waals surface area contributed by atoms with E-state index in [4.69, 9.17) is 4.74 Å². The first-order valence-corrected chi connectivity index (χ1v) is 10.6. The summed E-state index contributed by atoms with van der Waals surface area (Å²) >= 11 is 0. The summed E-state index contributed by atoms with van der Waals surface area (Å²) < 4.78 is 31.5. The number of sulfonamides is 1. The van der Waals surface area contributed by atoms with E-state index < -0.39 is 21.7 Å². The molecule has 7 heteroatoms.